The van der Waals surface area contributed by atoms with Crippen molar-refractivity contribution in [2.45, 2.75) is 32.0 Å². The van der Waals surface area contributed by atoms with Crippen molar-refractivity contribution in [1.29, 1.82) is 0 Å². The zero-order valence-electron chi connectivity index (χ0n) is 14.2. The Bertz CT molecular complexity index is 787. The normalized spacial score (nSPS) is 19.0. The lowest BCUT2D eigenvalue weighted by atomic mass is 9.82. The van der Waals surface area contributed by atoms with Crippen LogP contribution in [-0.4, -0.2) is 24.1 Å². The Labute approximate surface area is 159 Å². The minimum Gasteiger partial charge on any atom is -0.503 e. The second-order valence-corrected chi connectivity index (χ2v) is 8.18. The number of hydrogen-bond donors (Lipinski definition) is 1. The molecule has 0 atom stereocenters. The Balaban J connectivity index is 1.94. The minimum absolute atomic E-state index is 0.296. The number of hydrogen-bond acceptors (Lipinski definition) is 3. The maximum absolute atomic E-state index is 13.6. The molecule has 0 bridgehead atoms. The molecule has 1 heterocycles. The van der Waals surface area contributed by atoms with Gasteiger partial charge in [-0.3, -0.25) is 0 Å². The molecule has 3 nitrogen and oxygen atoms in total. The average Bonchev–Trinajstić information content (AvgIpc) is 2.55. The molecule has 1 fully saturated rings. The second kappa shape index (κ2) is 6.48. The van der Waals surface area contributed by atoms with Crippen LogP contribution in [0.15, 0.2) is 30.3 Å². The third-order valence-corrected chi connectivity index (χ3v) is 5.34. The summed E-state index contributed by atoms with van der Waals surface area (Å²) in [6.07, 6.45) is 0. The maximum Gasteiger partial charge on any atom is 0.187 e. The third kappa shape index (κ3) is 3.66. The highest BCUT2D eigenvalue weighted by Gasteiger charge is 2.38. The average molecular weight is 460 g/mol. The van der Waals surface area contributed by atoms with Gasteiger partial charge in [0.1, 0.15) is 0 Å². The molecule has 0 amide bonds. The van der Waals surface area contributed by atoms with Gasteiger partial charge in [0.05, 0.1) is 13.2 Å². The molecule has 0 aliphatic carbocycles. The van der Waals surface area contributed by atoms with Crippen molar-refractivity contribution >= 4 is 22.6 Å². The second-order valence-electron chi connectivity index (χ2n) is 7.02. The van der Waals surface area contributed by atoms with E-state index in [0.29, 0.717) is 24.3 Å². The number of benzene rings is 2. The van der Waals surface area contributed by atoms with Gasteiger partial charge in [0.15, 0.2) is 23.2 Å². The molecule has 2 aromatic carbocycles. The molecule has 0 aromatic heterocycles. The molecule has 1 N–H and O–H groups in total. The van der Waals surface area contributed by atoms with Crippen LogP contribution in [0.25, 0.3) is 11.1 Å². The fraction of sp³-hybridized carbons (Fsp3) is 0.368. The lowest BCUT2D eigenvalue weighted by Gasteiger charge is -2.42. The van der Waals surface area contributed by atoms with Gasteiger partial charge in [-0.15, -0.1) is 0 Å². The van der Waals surface area contributed by atoms with E-state index in [1.165, 1.54) is 0 Å². The highest BCUT2D eigenvalue weighted by atomic mass is 127. The van der Waals surface area contributed by atoms with E-state index in [-0.39, 0.29) is 5.41 Å². The predicted octanol–water partition coefficient (Wildman–Crippen LogP) is 4.98. The summed E-state index contributed by atoms with van der Waals surface area (Å²) in [6.45, 7) is 6.89. The van der Waals surface area contributed by atoms with Crippen LogP contribution in [0, 0.1) is 15.2 Å². The van der Waals surface area contributed by atoms with Crippen molar-refractivity contribution in [3.63, 3.8) is 0 Å². The first-order chi connectivity index (χ1) is 11.6. The largest absolute Gasteiger partial charge is 0.503 e. The summed E-state index contributed by atoms with van der Waals surface area (Å²) in [7, 11) is 0. The number of phenolic OH excluding ortho intramolecular Hbond substituents is 1. The zero-order valence-corrected chi connectivity index (χ0v) is 16.4. The van der Waals surface area contributed by atoms with Crippen LogP contribution in [0.4, 0.5) is 8.78 Å². The highest BCUT2D eigenvalue weighted by Crippen LogP contribution is 2.37. The van der Waals surface area contributed by atoms with Crippen molar-refractivity contribution in [1.82, 2.24) is 0 Å². The van der Waals surface area contributed by atoms with Gasteiger partial charge in [-0.2, -0.15) is 0 Å². The Morgan fingerprint density at radius 1 is 0.960 bits per heavy atom. The summed E-state index contributed by atoms with van der Waals surface area (Å²) in [4.78, 5) is 0. The minimum atomic E-state index is -0.975. The van der Waals surface area contributed by atoms with Crippen LogP contribution in [-0.2, 0) is 14.9 Å². The molecule has 0 spiro atoms. The molecule has 25 heavy (non-hydrogen) atoms. The van der Waals surface area contributed by atoms with E-state index in [0.717, 1.165) is 21.3 Å². The van der Waals surface area contributed by atoms with E-state index in [1.54, 1.807) is 0 Å². The van der Waals surface area contributed by atoms with Crippen molar-refractivity contribution in [3.8, 4) is 16.9 Å². The van der Waals surface area contributed by atoms with Gasteiger partial charge in [-0.05, 0) is 71.3 Å². The zero-order chi connectivity index (χ0) is 18.4. The molecule has 2 aromatic rings. The summed E-state index contributed by atoms with van der Waals surface area (Å²) in [5, 5.41) is 9.24. The van der Waals surface area contributed by atoms with Crippen LogP contribution < -0.4 is 0 Å². The first-order valence-corrected chi connectivity index (χ1v) is 8.95. The van der Waals surface area contributed by atoms with Gasteiger partial charge < -0.3 is 14.6 Å². The van der Waals surface area contributed by atoms with Crippen molar-refractivity contribution in [2.75, 3.05) is 13.2 Å². The van der Waals surface area contributed by atoms with Gasteiger partial charge in [-0.25, -0.2) is 8.78 Å². The Hall–Kier alpha value is -1.25. The molecule has 1 saturated heterocycles. The van der Waals surface area contributed by atoms with E-state index in [1.807, 2.05) is 32.0 Å². The fourth-order valence-electron chi connectivity index (χ4n) is 2.82. The van der Waals surface area contributed by atoms with Crippen LogP contribution in [0.1, 0.15) is 26.3 Å². The first-order valence-electron chi connectivity index (χ1n) is 7.88. The number of phenols is 1. The predicted molar refractivity (Wildman–Crippen MR) is 99.5 cm³/mol. The topological polar surface area (TPSA) is 38.7 Å². The van der Waals surface area contributed by atoms with Gasteiger partial charge in [0, 0.05) is 8.99 Å². The van der Waals surface area contributed by atoms with Crippen molar-refractivity contribution in [3.05, 3.63) is 51.1 Å². The SMILES string of the molecule is CC1(C)OCC(C)(c2ccc(-c3cc(F)c(O)c(F)c3)cc2I)CO1. The molecule has 0 unspecified atom stereocenters. The lowest BCUT2D eigenvalue weighted by molar-refractivity contribution is -0.267. The first kappa shape index (κ1) is 18.5. The standard InChI is InChI=1S/C19H19F2IO3/c1-18(2)24-9-19(3,10-25-18)13-5-4-11(8-16(13)22)12-6-14(20)17(23)15(21)7-12/h4-8,23H,9-10H2,1-3H3. The van der Waals surface area contributed by atoms with Crippen LogP contribution >= 0.6 is 22.6 Å². The summed E-state index contributed by atoms with van der Waals surface area (Å²) >= 11 is 2.21. The molecule has 0 radical (unpaired) electrons. The van der Waals surface area contributed by atoms with E-state index >= 15 is 0 Å². The molecule has 1 aliphatic rings. The molecule has 0 saturated carbocycles. The van der Waals surface area contributed by atoms with Crippen molar-refractivity contribution < 1.29 is 23.4 Å². The Kier molecular flexibility index (Phi) is 4.81. The maximum atomic E-state index is 13.6. The number of aromatic hydroxyl groups is 1. The Morgan fingerprint density at radius 3 is 2.04 bits per heavy atom. The highest BCUT2D eigenvalue weighted by molar-refractivity contribution is 14.1. The van der Waals surface area contributed by atoms with Gasteiger partial charge in [0.25, 0.3) is 0 Å². The number of rotatable bonds is 2. The smallest absolute Gasteiger partial charge is 0.187 e. The summed E-state index contributed by atoms with van der Waals surface area (Å²) in [5.74, 6) is -3.50. The molecule has 6 heteroatoms. The summed E-state index contributed by atoms with van der Waals surface area (Å²) in [6, 6.07) is 7.87. The van der Waals surface area contributed by atoms with E-state index < -0.39 is 23.2 Å². The quantitative estimate of drug-likeness (QED) is 0.643. The lowest BCUT2D eigenvalue weighted by Crippen LogP contribution is -2.47. The van der Waals surface area contributed by atoms with Crippen LogP contribution in [0.5, 0.6) is 5.75 Å². The van der Waals surface area contributed by atoms with Crippen molar-refractivity contribution in [2.24, 2.45) is 0 Å². The van der Waals surface area contributed by atoms with Gasteiger partial charge in [0.2, 0.25) is 0 Å². The third-order valence-electron chi connectivity index (χ3n) is 4.45. The molecule has 134 valence electrons. The summed E-state index contributed by atoms with van der Waals surface area (Å²) in [5.41, 5.74) is 1.81. The number of ether oxygens (including phenoxy) is 2. The van der Waals surface area contributed by atoms with E-state index in [9.17, 15) is 13.9 Å². The number of halogens is 3. The van der Waals surface area contributed by atoms with Gasteiger partial charge >= 0.3 is 0 Å². The Morgan fingerprint density at radius 2 is 1.52 bits per heavy atom. The molecule has 1 aliphatic heterocycles. The van der Waals surface area contributed by atoms with E-state index in [4.69, 9.17) is 9.47 Å². The fourth-order valence-corrected chi connectivity index (χ4v) is 3.99. The molecular formula is C19H19F2IO3. The monoisotopic (exact) mass is 460 g/mol. The van der Waals surface area contributed by atoms with Crippen LogP contribution in [0.2, 0.25) is 0 Å². The summed E-state index contributed by atoms with van der Waals surface area (Å²) < 4.78 is 39.8. The van der Waals surface area contributed by atoms with Gasteiger partial charge in [-0.1, -0.05) is 19.1 Å². The molecule has 3 rings (SSSR count). The van der Waals surface area contributed by atoms with E-state index in [2.05, 4.69) is 29.5 Å². The van der Waals surface area contributed by atoms with Crippen LogP contribution in [0.3, 0.4) is 0 Å². The molecular weight excluding hydrogens is 441 g/mol.